The summed E-state index contributed by atoms with van der Waals surface area (Å²) in [6.45, 7) is 4.17. The Bertz CT molecular complexity index is 349. The molecule has 5 nitrogen and oxygen atoms in total. The fraction of sp³-hybridized carbons (Fsp3) is 0.545. The van der Waals surface area contributed by atoms with E-state index in [0.717, 1.165) is 12.0 Å². The van der Waals surface area contributed by atoms with Gasteiger partial charge in [-0.1, -0.05) is 13.8 Å². The van der Waals surface area contributed by atoms with Crippen LogP contribution in [0, 0.1) is 5.92 Å². The fourth-order valence-corrected chi connectivity index (χ4v) is 1.40. The summed E-state index contributed by atoms with van der Waals surface area (Å²) in [5, 5.41) is 8.62. The molecular formula is C11H17N3O2. The fourth-order valence-electron chi connectivity index (χ4n) is 1.40. The van der Waals surface area contributed by atoms with Crippen LogP contribution in [0.3, 0.4) is 0 Å². The van der Waals surface area contributed by atoms with Crippen LogP contribution in [0.1, 0.15) is 19.4 Å². The Kier molecular flexibility index (Phi) is 4.22. The lowest BCUT2D eigenvalue weighted by Crippen LogP contribution is -2.26. The van der Waals surface area contributed by atoms with Crippen LogP contribution in [0.2, 0.25) is 0 Å². The SMILES string of the molecule is CC(C)Cc1cnc(N(C)CC(=O)O)nc1. The third-order valence-corrected chi connectivity index (χ3v) is 2.05. The van der Waals surface area contributed by atoms with Crippen molar-refractivity contribution in [3.63, 3.8) is 0 Å². The van der Waals surface area contributed by atoms with Crippen molar-refractivity contribution in [1.82, 2.24) is 9.97 Å². The molecule has 0 spiro atoms. The number of anilines is 1. The summed E-state index contributed by atoms with van der Waals surface area (Å²) in [7, 11) is 1.66. The van der Waals surface area contributed by atoms with Crippen LogP contribution in [0.4, 0.5) is 5.95 Å². The molecule has 1 N–H and O–H groups in total. The van der Waals surface area contributed by atoms with Crippen LogP contribution in [0.25, 0.3) is 0 Å². The number of carbonyl (C=O) groups is 1. The van der Waals surface area contributed by atoms with Gasteiger partial charge in [-0.3, -0.25) is 4.79 Å². The van der Waals surface area contributed by atoms with Crippen molar-refractivity contribution in [1.29, 1.82) is 0 Å². The van der Waals surface area contributed by atoms with E-state index in [0.29, 0.717) is 11.9 Å². The van der Waals surface area contributed by atoms with Gasteiger partial charge in [-0.2, -0.15) is 0 Å². The highest BCUT2D eigenvalue weighted by Crippen LogP contribution is 2.08. The molecule has 0 saturated heterocycles. The average Bonchev–Trinajstić information content (AvgIpc) is 2.16. The van der Waals surface area contributed by atoms with Gasteiger partial charge < -0.3 is 10.0 Å². The van der Waals surface area contributed by atoms with Crippen LogP contribution in [-0.2, 0) is 11.2 Å². The maximum atomic E-state index is 10.5. The zero-order valence-electron chi connectivity index (χ0n) is 9.84. The molecule has 0 fully saturated rings. The number of rotatable bonds is 5. The quantitative estimate of drug-likeness (QED) is 0.812. The van der Waals surface area contributed by atoms with E-state index < -0.39 is 5.97 Å². The van der Waals surface area contributed by atoms with Gasteiger partial charge in [0.1, 0.15) is 6.54 Å². The lowest BCUT2D eigenvalue weighted by Gasteiger charge is -2.14. The highest BCUT2D eigenvalue weighted by molar-refractivity contribution is 5.72. The molecule has 0 aliphatic carbocycles. The molecule has 16 heavy (non-hydrogen) atoms. The highest BCUT2D eigenvalue weighted by atomic mass is 16.4. The molecule has 1 aromatic heterocycles. The number of aliphatic carboxylic acids is 1. The number of hydrogen-bond donors (Lipinski definition) is 1. The van der Waals surface area contributed by atoms with Crippen LogP contribution >= 0.6 is 0 Å². The molecule has 0 aromatic carbocycles. The van der Waals surface area contributed by atoms with Crippen molar-refractivity contribution in [3.05, 3.63) is 18.0 Å². The normalized spacial score (nSPS) is 10.5. The van der Waals surface area contributed by atoms with Gasteiger partial charge >= 0.3 is 5.97 Å². The number of aromatic nitrogens is 2. The zero-order valence-corrected chi connectivity index (χ0v) is 9.84. The molecule has 0 aliphatic rings. The van der Waals surface area contributed by atoms with E-state index in [1.807, 2.05) is 0 Å². The van der Waals surface area contributed by atoms with Gasteiger partial charge in [0.05, 0.1) is 0 Å². The second kappa shape index (κ2) is 5.44. The number of carboxylic acid groups (broad SMARTS) is 1. The molecule has 0 amide bonds. The molecule has 1 rings (SSSR count). The van der Waals surface area contributed by atoms with Crippen molar-refractivity contribution in [3.8, 4) is 0 Å². The Labute approximate surface area is 95.1 Å². The van der Waals surface area contributed by atoms with Gasteiger partial charge in [-0.05, 0) is 17.9 Å². The Morgan fingerprint density at radius 2 is 2.00 bits per heavy atom. The van der Waals surface area contributed by atoms with E-state index in [2.05, 4.69) is 23.8 Å². The summed E-state index contributed by atoms with van der Waals surface area (Å²) in [4.78, 5) is 20.3. The Balaban J connectivity index is 2.66. The third kappa shape index (κ3) is 3.84. The summed E-state index contributed by atoms with van der Waals surface area (Å²) < 4.78 is 0. The second-order valence-electron chi connectivity index (χ2n) is 4.24. The summed E-state index contributed by atoms with van der Waals surface area (Å²) in [5.41, 5.74) is 1.07. The number of likely N-dealkylation sites (N-methyl/N-ethyl adjacent to an activating group) is 1. The van der Waals surface area contributed by atoms with E-state index in [1.165, 1.54) is 4.90 Å². The van der Waals surface area contributed by atoms with Crippen molar-refractivity contribution in [2.45, 2.75) is 20.3 Å². The summed E-state index contributed by atoms with van der Waals surface area (Å²) in [5.74, 6) is 0.110. The maximum Gasteiger partial charge on any atom is 0.323 e. The number of hydrogen-bond acceptors (Lipinski definition) is 4. The first-order chi connectivity index (χ1) is 7.49. The molecule has 0 unspecified atom stereocenters. The summed E-state index contributed by atoms with van der Waals surface area (Å²) in [6.07, 6.45) is 4.43. The first-order valence-electron chi connectivity index (χ1n) is 5.23. The van der Waals surface area contributed by atoms with Crippen molar-refractivity contribution in [2.24, 2.45) is 5.92 Å². The van der Waals surface area contributed by atoms with Crippen molar-refractivity contribution in [2.75, 3.05) is 18.5 Å². The van der Waals surface area contributed by atoms with Crippen molar-refractivity contribution >= 4 is 11.9 Å². The first-order valence-corrected chi connectivity index (χ1v) is 5.23. The predicted octanol–water partition coefficient (Wildman–Crippen LogP) is 1.20. The average molecular weight is 223 g/mol. The van der Waals surface area contributed by atoms with Crippen LogP contribution in [-0.4, -0.2) is 34.6 Å². The molecule has 0 radical (unpaired) electrons. The second-order valence-corrected chi connectivity index (χ2v) is 4.24. The van der Waals surface area contributed by atoms with Crippen molar-refractivity contribution < 1.29 is 9.90 Å². The van der Waals surface area contributed by atoms with E-state index in [1.54, 1.807) is 19.4 Å². The van der Waals surface area contributed by atoms with Gasteiger partial charge in [-0.15, -0.1) is 0 Å². The van der Waals surface area contributed by atoms with E-state index >= 15 is 0 Å². The highest BCUT2D eigenvalue weighted by Gasteiger charge is 2.08. The maximum absolute atomic E-state index is 10.5. The predicted molar refractivity (Wildman–Crippen MR) is 61.5 cm³/mol. The van der Waals surface area contributed by atoms with Crippen LogP contribution in [0.15, 0.2) is 12.4 Å². The molecule has 88 valence electrons. The molecule has 1 aromatic rings. The number of carboxylic acids is 1. The van der Waals surface area contributed by atoms with Crippen LogP contribution < -0.4 is 4.90 Å². The minimum absolute atomic E-state index is 0.0937. The molecule has 5 heteroatoms. The monoisotopic (exact) mass is 223 g/mol. The minimum Gasteiger partial charge on any atom is -0.480 e. The lowest BCUT2D eigenvalue weighted by molar-refractivity contribution is -0.135. The van der Waals surface area contributed by atoms with Gasteiger partial charge in [0, 0.05) is 19.4 Å². The van der Waals surface area contributed by atoms with E-state index in [9.17, 15) is 4.79 Å². The summed E-state index contributed by atoms with van der Waals surface area (Å²) in [6, 6.07) is 0. The minimum atomic E-state index is -0.891. The number of nitrogens with zero attached hydrogens (tertiary/aromatic N) is 3. The molecule has 0 bridgehead atoms. The standard InChI is InChI=1S/C11H17N3O2/c1-8(2)4-9-5-12-11(13-6-9)14(3)7-10(15)16/h5-6,8H,4,7H2,1-3H3,(H,15,16). The van der Waals surface area contributed by atoms with Gasteiger partial charge in [0.2, 0.25) is 5.95 Å². The zero-order chi connectivity index (χ0) is 12.1. The topological polar surface area (TPSA) is 66.3 Å². The smallest absolute Gasteiger partial charge is 0.323 e. The Morgan fingerprint density at radius 3 is 2.44 bits per heavy atom. The largest absolute Gasteiger partial charge is 0.480 e. The molecular weight excluding hydrogens is 206 g/mol. The summed E-state index contributed by atoms with van der Waals surface area (Å²) >= 11 is 0. The van der Waals surface area contributed by atoms with Gasteiger partial charge in [0.25, 0.3) is 0 Å². The Morgan fingerprint density at radius 1 is 1.44 bits per heavy atom. The van der Waals surface area contributed by atoms with E-state index in [-0.39, 0.29) is 6.54 Å². The van der Waals surface area contributed by atoms with Gasteiger partial charge in [0.15, 0.2) is 0 Å². The first kappa shape index (κ1) is 12.4. The lowest BCUT2D eigenvalue weighted by atomic mass is 10.1. The third-order valence-electron chi connectivity index (χ3n) is 2.05. The molecule has 0 aliphatic heterocycles. The Hall–Kier alpha value is -1.65. The van der Waals surface area contributed by atoms with E-state index in [4.69, 9.17) is 5.11 Å². The molecule has 0 atom stereocenters. The van der Waals surface area contributed by atoms with Gasteiger partial charge in [-0.25, -0.2) is 9.97 Å². The molecule has 1 heterocycles. The van der Waals surface area contributed by atoms with Crippen LogP contribution in [0.5, 0.6) is 0 Å². The molecule has 0 saturated carbocycles.